The molecule has 0 aliphatic carbocycles. The number of para-hydroxylation sites is 1. The van der Waals surface area contributed by atoms with E-state index in [9.17, 15) is 4.79 Å². The van der Waals surface area contributed by atoms with Crippen LogP contribution in [0.25, 0.3) is 5.57 Å². The SMILES string of the molecule is CCNC(=O)c1ccc(C(=C2CCNCC2)c2cccc(Nc3ccccc3)c2)cc1. The van der Waals surface area contributed by atoms with Crippen molar-refractivity contribution in [1.29, 1.82) is 0 Å². The fourth-order valence-electron chi connectivity index (χ4n) is 4.04. The van der Waals surface area contributed by atoms with Crippen LogP contribution in [0.15, 0.2) is 84.4 Å². The molecule has 1 heterocycles. The van der Waals surface area contributed by atoms with E-state index in [1.807, 2.05) is 37.3 Å². The summed E-state index contributed by atoms with van der Waals surface area (Å²) in [4.78, 5) is 12.2. The van der Waals surface area contributed by atoms with Crippen molar-refractivity contribution in [1.82, 2.24) is 10.6 Å². The van der Waals surface area contributed by atoms with Gasteiger partial charge in [0.1, 0.15) is 0 Å². The minimum absolute atomic E-state index is 0.0285. The number of carbonyl (C=O) groups is 1. The largest absolute Gasteiger partial charge is 0.356 e. The van der Waals surface area contributed by atoms with E-state index < -0.39 is 0 Å². The maximum absolute atomic E-state index is 12.2. The van der Waals surface area contributed by atoms with Crippen molar-refractivity contribution in [3.63, 3.8) is 0 Å². The highest BCUT2D eigenvalue weighted by atomic mass is 16.1. The van der Waals surface area contributed by atoms with Crippen LogP contribution in [0, 0.1) is 0 Å². The lowest BCUT2D eigenvalue weighted by Crippen LogP contribution is -2.24. The molecule has 1 saturated heterocycles. The number of anilines is 2. The second-order valence-corrected chi connectivity index (χ2v) is 7.74. The van der Waals surface area contributed by atoms with Gasteiger partial charge >= 0.3 is 0 Å². The third kappa shape index (κ3) is 5.22. The van der Waals surface area contributed by atoms with Gasteiger partial charge in [-0.2, -0.15) is 0 Å². The Labute approximate surface area is 184 Å². The van der Waals surface area contributed by atoms with Crippen LogP contribution in [0.2, 0.25) is 0 Å². The zero-order valence-corrected chi connectivity index (χ0v) is 17.9. The summed E-state index contributed by atoms with van der Waals surface area (Å²) in [5, 5.41) is 9.83. The Morgan fingerprint density at radius 3 is 2.19 bits per heavy atom. The van der Waals surface area contributed by atoms with Crippen LogP contribution in [0.5, 0.6) is 0 Å². The van der Waals surface area contributed by atoms with Crippen LogP contribution >= 0.6 is 0 Å². The lowest BCUT2D eigenvalue weighted by Gasteiger charge is -2.22. The van der Waals surface area contributed by atoms with Gasteiger partial charge in [0.05, 0.1) is 0 Å². The predicted molar refractivity (Wildman–Crippen MR) is 129 cm³/mol. The molecule has 0 atom stereocenters. The Morgan fingerprint density at radius 1 is 0.806 bits per heavy atom. The molecule has 0 saturated carbocycles. The van der Waals surface area contributed by atoms with Gasteiger partial charge in [0, 0.05) is 23.5 Å². The minimum Gasteiger partial charge on any atom is -0.356 e. The standard InChI is InChI=1S/C27H29N3O/c1-2-29-27(31)22-13-11-20(12-14-22)26(21-15-17-28-18-16-21)23-7-6-10-25(19-23)30-24-8-4-3-5-9-24/h3-14,19,28,30H,2,15-18H2,1H3,(H,29,31). The highest BCUT2D eigenvalue weighted by molar-refractivity contribution is 5.95. The lowest BCUT2D eigenvalue weighted by molar-refractivity contribution is 0.0956. The first-order chi connectivity index (χ1) is 15.2. The van der Waals surface area contributed by atoms with Gasteiger partial charge in [0.15, 0.2) is 0 Å². The molecule has 4 nitrogen and oxygen atoms in total. The molecule has 3 N–H and O–H groups in total. The van der Waals surface area contributed by atoms with Crippen molar-refractivity contribution in [2.24, 2.45) is 0 Å². The Kier molecular flexibility index (Phi) is 6.80. The van der Waals surface area contributed by atoms with Crippen molar-refractivity contribution in [2.45, 2.75) is 19.8 Å². The summed E-state index contributed by atoms with van der Waals surface area (Å²) < 4.78 is 0. The smallest absolute Gasteiger partial charge is 0.251 e. The molecule has 0 spiro atoms. The molecule has 1 aliphatic rings. The number of hydrogen-bond acceptors (Lipinski definition) is 3. The van der Waals surface area contributed by atoms with Crippen molar-refractivity contribution in [2.75, 3.05) is 25.0 Å². The van der Waals surface area contributed by atoms with E-state index in [1.165, 1.54) is 16.7 Å². The molecule has 3 aromatic rings. The fourth-order valence-corrected chi connectivity index (χ4v) is 4.04. The number of hydrogen-bond donors (Lipinski definition) is 3. The summed E-state index contributed by atoms with van der Waals surface area (Å²) in [6, 6.07) is 26.8. The molecule has 0 bridgehead atoms. The molecular weight excluding hydrogens is 382 g/mol. The summed E-state index contributed by atoms with van der Waals surface area (Å²) in [7, 11) is 0. The van der Waals surface area contributed by atoms with Gasteiger partial charge in [-0.05, 0) is 86.0 Å². The van der Waals surface area contributed by atoms with Crippen molar-refractivity contribution in [3.05, 3.63) is 101 Å². The summed E-state index contributed by atoms with van der Waals surface area (Å²) in [5.74, 6) is -0.0285. The van der Waals surface area contributed by atoms with Crippen LogP contribution in [0.3, 0.4) is 0 Å². The second-order valence-electron chi connectivity index (χ2n) is 7.74. The summed E-state index contributed by atoms with van der Waals surface area (Å²) in [6.45, 7) is 4.56. The van der Waals surface area contributed by atoms with E-state index in [2.05, 4.69) is 64.5 Å². The molecule has 0 aromatic heterocycles. The van der Waals surface area contributed by atoms with E-state index in [1.54, 1.807) is 0 Å². The highest BCUT2D eigenvalue weighted by Crippen LogP contribution is 2.33. The number of piperidine rings is 1. The third-order valence-electron chi connectivity index (χ3n) is 5.55. The molecule has 4 heteroatoms. The molecule has 3 aromatic carbocycles. The molecule has 0 unspecified atom stereocenters. The number of nitrogens with one attached hydrogen (secondary N) is 3. The molecule has 1 amide bonds. The van der Waals surface area contributed by atoms with Crippen molar-refractivity contribution in [3.8, 4) is 0 Å². The van der Waals surface area contributed by atoms with E-state index in [-0.39, 0.29) is 5.91 Å². The summed E-state index contributed by atoms with van der Waals surface area (Å²) >= 11 is 0. The van der Waals surface area contributed by atoms with Gasteiger partial charge in [-0.3, -0.25) is 4.79 Å². The molecular formula is C27H29N3O. The van der Waals surface area contributed by atoms with Gasteiger partial charge < -0.3 is 16.0 Å². The number of amides is 1. The molecule has 31 heavy (non-hydrogen) atoms. The zero-order valence-electron chi connectivity index (χ0n) is 17.9. The van der Waals surface area contributed by atoms with Crippen LogP contribution in [0.4, 0.5) is 11.4 Å². The molecule has 1 fully saturated rings. The molecule has 1 aliphatic heterocycles. The first-order valence-corrected chi connectivity index (χ1v) is 11.0. The summed E-state index contributed by atoms with van der Waals surface area (Å²) in [6.07, 6.45) is 2.06. The molecule has 0 radical (unpaired) electrons. The van der Waals surface area contributed by atoms with E-state index in [0.29, 0.717) is 12.1 Å². The van der Waals surface area contributed by atoms with Gasteiger partial charge in [-0.15, -0.1) is 0 Å². The average molecular weight is 412 g/mol. The van der Waals surface area contributed by atoms with Crippen LogP contribution in [0.1, 0.15) is 41.3 Å². The topological polar surface area (TPSA) is 53.2 Å². The molecule has 4 rings (SSSR count). The Hall–Kier alpha value is -3.37. The van der Waals surface area contributed by atoms with E-state index in [4.69, 9.17) is 0 Å². The van der Waals surface area contributed by atoms with Crippen LogP contribution < -0.4 is 16.0 Å². The van der Waals surface area contributed by atoms with Crippen LogP contribution in [-0.2, 0) is 0 Å². The van der Waals surface area contributed by atoms with E-state index >= 15 is 0 Å². The fraction of sp³-hybridized carbons (Fsp3) is 0.222. The highest BCUT2D eigenvalue weighted by Gasteiger charge is 2.16. The van der Waals surface area contributed by atoms with Crippen molar-refractivity contribution < 1.29 is 4.79 Å². The Morgan fingerprint density at radius 2 is 1.48 bits per heavy atom. The Balaban J connectivity index is 1.70. The number of rotatable bonds is 6. The van der Waals surface area contributed by atoms with Gasteiger partial charge in [0.2, 0.25) is 0 Å². The Bertz CT molecular complexity index is 1050. The average Bonchev–Trinajstić information content (AvgIpc) is 2.82. The monoisotopic (exact) mass is 411 g/mol. The first kappa shape index (κ1) is 20.9. The summed E-state index contributed by atoms with van der Waals surface area (Å²) in [5.41, 5.74) is 7.92. The van der Waals surface area contributed by atoms with Gasteiger partial charge in [-0.25, -0.2) is 0 Å². The quantitative estimate of drug-likeness (QED) is 0.511. The third-order valence-corrected chi connectivity index (χ3v) is 5.55. The van der Waals surface area contributed by atoms with Crippen LogP contribution in [-0.4, -0.2) is 25.5 Å². The maximum Gasteiger partial charge on any atom is 0.251 e. The second kappa shape index (κ2) is 10.1. The zero-order chi connectivity index (χ0) is 21.5. The predicted octanol–water partition coefficient (Wildman–Crippen LogP) is 5.37. The van der Waals surface area contributed by atoms with Gasteiger partial charge in [-0.1, -0.05) is 48.0 Å². The normalized spacial score (nSPS) is 13.5. The van der Waals surface area contributed by atoms with Gasteiger partial charge in [0.25, 0.3) is 5.91 Å². The minimum atomic E-state index is -0.0285. The lowest BCUT2D eigenvalue weighted by atomic mass is 9.88. The number of carbonyl (C=O) groups excluding carboxylic acids is 1. The maximum atomic E-state index is 12.2. The van der Waals surface area contributed by atoms with E-state index in [0.717, 1.165) is 42.9 Å². The molecule has 158 valence electrons. The first-order valence-electron chi connectivity index (χ1n) is 11.0. The van der Waals surface area contributed by atoms with Crippen molar-refractivity contribution >= 4 is 22.9 Å². The number of benzene rings is 3.